The van der Waals surface area contributed by atoms with Crippen LogP contribution in [0.2, 0.25) is 0 Å². The predicted molar refractivity (Wildman–Crippen MR) is 70.5 cm³/mol. The summed E-state index contributed by atoms with van der Waals surface area (Å²) in [7, 11) is 0. The average molecular weight is 262 g/mol. The van der Waals surface area contributed by atoms with Crippen LogP contribution in [0.1, 0.15) is 6.92 Å². The van der Waals surface area contributed by atoms with Gasteiger partial charge in [0.05, 0.1) is 11.4 Å². The Balaban J connectivity index is 1.95. The molecule has 100 valence electrons. The van der Waals surface area contributed by atoms with Gasteiger partial charge in [0, 0.05) is 12.1 Å². The maximum atomic E-state index is 11.2. The Morgan fingerprint density at radius 1 is 1.47 bits per heavy atom. The number of hydrogen-bond donors (Lipinski definition) is 2. The van der Waals surface area contributed by atoms with Crippen molar-refractivity contribution in [3.63, 3.8) is 0 Å². The molecule has 19 heavy (non-hydrogen) atoms. The number of benzene rings is 1. The number of hydrogen-bond acceptors (Lipinski definition) is 7. The SMILES string of the molecule is C=C(C)C(=O)OCCNc1ccc(N)c2nonc12. The van der Waals surface area contributed by atoms with Crippen molar-refractivity contribution >= 4 is 28.4 Å². The van der Waals surface area contributed by atoms with Crippen LogP contribution in [0.5, 0.6) is 0 Å². The van der Waals surface area contributed by atoms with E-state index in [0.717, 1.165) is 5.69 Å². The van der Waals surface area contributed by atoms with Crippen molar-refractivity contribution in [2.24, 2.45) is 0 Å². The molecular weight excluding hydrogens is 248 g/mol. The van der Waals surface area contributed by atoms with Crippen molar-refractivity contribution in [1.82, 2.24) is 10.3 Å². The molecule has 0 unspecified atom stereocenters. The first-order valence-electron chi connectivity index (χ1n) is 5.67. The van der Waals surface area contributed by atoms with Gasteiger partial charge in [0.1, 0.15) is 6.61 Å². The highest BCUT2D eigenvalue weighted by molar-refractivity contribution is 5.94. The molecule has 0 saturated heterocycles. The summed E-state index contributed by atoms with van der Waals surface area (Å²) < 4.78 is 9.60. The zero-order chi connectivity index (χ0) is 13.8. The summed E-state index contributed by atoms with van der Waals surface area (Å²) in [6.45, 7) is 5.75. The van der Waals surface area contributed by atoms with Crippen LogP contribution in [-0.4, -0.2) is 29.4 Å². The fourth-order valence-corrected chi connectivity index (χ4v) is 1.48. The Morgan fingerprint density at radius 3 is 2.95 bits per heavy atom. The lowest BCUT2D eigenvalue weighted by molar-refractivity contribution is -0.138. The molecule has 0 fully saturated rings. The topological polar surface area (TPSA) is 103 Å². The highest BCUT2D eigenvalue weighted by atomic mass is 16.6. The number of rotatable bonds is 5. The lowest BCUT2D eigenvalue weighted by Gasteiger charge is -2.07. The Hall–Kier alpha value is -2.57. The molecule has 3 N–H and O–H groups in total. The zero-order valence-corrected chi connectivity index (χ0v) is 10.5. The summed E-state index contributed by atoms with van der Waals surface area (Å²) in [6.07, 6.45) is 0. The molecule has 0 amide bonds. The van der Waals surface area contributed by atoms with Crippen molar-refractivity contribution in [3.8, 4) is 0 Å². The van der Waals surface area contributed by atoms with E-state index in [9.17, 15) is 4.79 Å². The number of nitrogen functional groups attached to an aromatic ring is 1. The predicted octanol–water partition coefficient (Wildman–Crippen LogP) is 1.34. The molecule has 7 nitrogen and oxygen atoms in total. The minimum absolute atomic E-state index is 0.225. The van der Waals surface area contributed by atoms with Crippen molar-refractivity contribution in [2.45, 2.75) is 6.92 Å². The molecule has 1 aromatic carbocycles. The maximum absolute atomic E-state index is 11.2. The van der Waals surface area contributed by atoms with Gasteiger partial charge in [0.15, 0.2) is 11.0 Å². The third kappa shape index (κ3) is 2.82. The molecule has 0 aliphatic heterocycles. The Morgan fingerprint density at radius 2 is 2.21 bits per heavy atom. The van der Waals surface area contributed by atoms with Gasteiger partial charge in [-0.1, -0.05) is 6.58 Å². The quantitative estimate of drug-likeness (QED) is 0.362. The number of carbonyl (C=O) groups is 1. The molecule has 0 spiro atoms. The summed E-state index contributed by atoms with van der Waals surface area (Å²) in [5, 5.41) is 10.6. The van der Waals surface area contributed by atoms with Gasteiger partial charge in [-0.3, -0.25) is 0 Å². The van der Waals surface area contributed by atoms with Gasteiger partial charge in [0.25, 0.3) is 0 Å². The first-order chi connectivity index (χ1) is 9.09. The van der Waals surface area contributed by atoms with Crippen molar-refractivity contribution < 1.29 is 14.2 Å². The summed E-state index contributed by atoms with van der Waals surface area (Å²) in [6, 6.07) is 3.47. The van der Waals surface area contributed by atoms with Gasteiger partial charge >= 0.3 is 5.97 Å². The molecule has 0 bridgehead atoms. The molecule has 2 rings (SSSR count). The minimum Gasteiger partial charge on any atom is -0.460 e. The number of nitrogens with one attached hydrogen (secondary N) is 1. The molecular formula is C12H14N4O3. The lowest BCUT2D eigenvalue weighted by atomic mass is 10.2. The van der Waals surface area contributed by atoms with Crippen molar-refractivity contribution in [1.29, 1.82) is 0 Å². The van der Waals surface area contributed by atoms with Gasteiger partial charge in [0.2, 0.25) is 0 Å². The fourth-order valence-electron chi connectivity index (χ4n) is 1.48. The average Bonchev–Trinajstić information content (AvgIpc) is 2.86. The van der Waals surface area contributed by atoms with Gasteiger partial charge < -0.3 is 15.8 Å². The van der Waals surface area contributed by atoms with Crippen LogP contribution in [-0.2, 0) is 9.53 Å². The third-order valence-electron chi connectivity index (χ3n) is 2.45. The molecule has 0 atom stereocenters. The Kier molecular flexibility index (Phi) is 3.65. The smallest absolute Gasteiger partial charge is 0.333 e. The van der Waals surface area contributed by atoms with Crippen molar-refractivity contribution in [2.75, 3.05) is 24.2 Å². The fraction of sp³-hybridized carbons (Fsp3) is 0.250. The zero-order valence-electron chi connectivity index (χ0n) is 10.5. The second-order valence-electron chi connectivity index (χ2n) is 4.01. The first kappa shape index (κ1) is 12.9. The largest absolute Gasteiger partial charge is 0.460 e. The number of nitrogens with zero attached hydrogens (tertiary/aromatic N) is 2. The van der Waals surface area contributed by atoms with E-state index in [0.29, 0.717) is 28.8 Å². The molecule has 1 aromatic heterocycles. The monoisotopic (exact) mass is 262 g/mol. The lowest BCUT2D eigenvalue weighted by Crippen LogP contribution is -2.14. The van der Waals surface area contributed by atoms with Crippen LogP contribution in [0, 0.1) is 0 Å². The minimum atomic E-state index is -0.410. The molecule has 0 aliphatic carbocycles. The normalized spacial score (nSPS) is 10.4. The van der Waals surface area contributed by atoms with E-state index in [1.54, 1.807) is 19.1 Å². The van der Waals surface area contributed by atoms with Crippen molar-refractivity contribution in [3.05, 3.63) is 24.3 Å². The third-order valence-corrected chi connectivity index (χ3v) is 2.45. The molecule has 2 aromatic rings. The number of nitrogens with two attached hydrogens (primary N) is 1. The highest BCUT2D eigenvalue weighted by Gasteiger charge is 2.09. The van der Waals surface area contributed by atoms with E-state index < -0.39 is 5.97 Å². The standard InChI is InChI=1S/C12H14N4O3/c1-7(2)12(17)18-6-5-14-9-4-3-8(13)10-11(9)16-19-15-10/h3-4,14H,1,5-6,13H2,2H3. The summed E-state index contributed by atoms with van der Waals surface area (Å²) in [5.41, 5.74) is 8.37. The Labute approximate surface area is 109 Å². The molecule has 7 heteroatoms. The second kappa shape index (κ2) is 5.38. The van der Waals surface area contributed by atoms with Gasteiger partial charge in [-0.2, -0.15) is 0 Å². The molecule has 1 heterocycles. The van der Waals surface area contributed by atoms with Crippen LogP contribution in [0.3, 0.4) is 0 Å². The van der Waals surface area contributed by atoms with E-state index in [-0.39, 0.29) is 6.61 Å². The van der Waals surface area contributed by atoms with Crippen LogP contribution in [0.15, 0.2) is 28.9 Å². The summed E-state index contributed by atoms with van der Waals surface area (Å²) in [4.78, 5) is 11.2. The first-order valence-corrected chi connectivity index (χ1v) is 5.67. The van der Waals surface area contributed by atoms with E-state index in [1.807, 2.05) is 0 Å². The van der Waals surface area contributed by atoms with Gasteiger partial charge in [-0.15, -0.1) is 0 Å². The number of aromatic nitrogens is 2. The summed E-state index contributed by atoms with van der Waals surface area (Å²) in [5.74, 6) is -0.410. The van der Waals surface area contributed by atoms with E-state index >= 15 is 0 Å². The number of anilines is 2. The van der Waals surface area contributed by atoms with Crippen LogP contribution < -0.4 is 11.1 Å². The number of ether oxygens (including phenoxy) is 1. The van der Waals surface area contributed by atoms with Crippen LogP contribution in [0.4, 0.5) is 11.4 Å². The Bertz CT molecular complexity index is 620. The van der Waals surface area contributed by atoms with Crippen LogP contribution >= 0.6 is 0 Å². The number of carbonyl (C=O) groups excluding carboxylic acids is 1. The number of fused-ring (bicyclic) bond motifs is 1. The number of esters is 1. The molecule has 0 aliphatic rings. The molecule has 0 saturated carbocycles. The van der Waals surface area contributed by atoms with Crippen LogP contribution in [0.25, 0.3) is 11.0 Å². The second-order valence-corrected chi connectivity index (χ2v) is 4.01. The summed E-state index contributed by atoms with van der Waals surface area (Å²) >= 11 is 0. The van der Waals surface area contributed by atoms with Gasteiger partial charge in [-0.05, 0) is 29.4 Å². The maximum Gasteiger partial charge on any atom is 0.333 e. The molecule has 0 radical (unpaired) electrons. The highest BCUT2D eigenvalue weighted by Crippen LogP contribution is 2.24. The van der Waals surface area contributed by atoms with Gasteiger partial charge in [-0.25, -0.2) is 9.42 Å². The van der Waals surface area contributed by atoms with E-state index in [4.69, 9.17) is 10.5 Å². The van der Waals surface area contributed by atoms with E-state index in [2.05, 4.69) is 26.8 Å². The van der Waals surface area contributed by atoms with E-state index in [1.165, 1.54) is 0 Å².